The first-order valence-electron chi connectivity index (χ1n) is 11.8. The summed E-state index contributed by atoms with van der Waals surface area (Å²) in [6.45, 7) is 3.38. The highest BCUT2D eigenvalue weighted by Crippen LogP contribution is 2.31. The van der Waals surface area contributed by atoms with Gasteiger partial charge in [-0.15, -0.1) is 0 Å². The first-order valence-corrected chi connectivity index (χ1v) is 10.8. The number of nitrogens with zero attached hydrogens (tertiary/aromatic N) is 1. The van der Waals surface area contributed by atoms with Crippen molar-refractivity contribution in [2.75, 3.05) is 18.1 Å². The second-order valence-corrected chi connectivity index (χ2v) is 7.86. The van der Waals surface area contributed by atoms with Gasteiger partial charge in [-0.05, 0) is 56.9 Å². The molecule has 1 fully saturated rings. The molecular weight excluding hydrogens is 378 g/mol. The Labute approximate surface area is 182 Å². The number of ether oxygens (including phenoxy) is 2. The van der Waals surface area contributed by atoms with E-state index in [-0.39, 0.29) is 18.6 Å². The number of hydrogen-bond acceptors (Lipinski definition) is 4. The molecule has 5 nitrogen and oxygen atoms in total. The Morgan fingerprint density at radius 1 is 1.20 bits per heavy atom. The van der Waals surface area contributed by atoms with Crippen LogP contribution in [-0.2, 0) is 16.0 Å². The Morgan fingerprint density at radius 2 is 1.93 bits per heavy atom. The molecule has 2 aromatic carbocycles. The monoisotopic (exact) mass is 413 g/mol. The Morgan fingerprint density at radius 3 is 2.57 bits per heavy atom. The predicted octanol–water partition coefficient (Wildman–Crippen LogP) is 5.59. The molecule has 0 amide bonds. The van der Waals surface area contributed by atoms with Gasteiger partial charge in [0.1, 0.15) is 5.75 Å². The van der Waals surface area contributed by atoms with Crippen molar-refractivity contribution in [1.29, 1.82) is 0 Å². The zero-order chi connectivity index (χ0) is 23.1. The molecule has 30 heavy (non-hydrogen) atoms. The van der Waals surface area contributed by atoms with Crippen molar-refractivity contribution < 1.29 is 22.1 Å². The summed E-state index contributed by atoms with van der Waals surface area (Å²) in [5.74, 6) is -0.271. The summed E-state index contributed by atoms with van der Waals surface area (Å²) in [5, 5.41) is 8.74. The van der Waals surface area contributed by atoms with Gasteiger partial charge in [0.15, 0.2) is 0 Å². The smallest absolute Gasteiger partial charge is 0.303 e. The van der Waals surface area contributed by atoms with Gasteiger partial charge in [-0.25, -0.2) is 0 Å². The average molecular weight is 414 g/mol. The molecule has 1 aliphatic rings. The molecule has 3 rings (SSSR count). The number of hydrogen-bond donors (Lipinski definition) is 1. The average Bonchev–Trinajstić information content (AvgIpc) is 2.70. The van der Waals surface area contributed by atoms with Crippen molar-refractivity contribution in [2.24, 2.45) is 0 Å². The number of carboxylic acids is 1. The van der Waals surface area contributed by atoms with Gasteiger partial charge >= 0.3 is 5.97 Å². The zero-order valence-electron chi connectivity index (χ0n) is 19.8. The third kappa shape index (κ3) is 6.23. The molecule has 1 unspecified atom stereocenters. The van der Waals surface area contributed by atoms with Crippen molar-refractivity contribution in [3.05, 3.63) is 59.7 Å². The van der Waals surface area contributed by atoms with Crippen LogP contribution in [0.1, 0.15) is 65.9 Å². The highest BCUT2D eigenvalue weighted by Gasteiger charge is 2.21. The minimum atomic E-state index is -1.79. The van der Waals surface area contributed by atoms with Crippen molar-refractivity contribution in [1.82, 2.24) is 0 Å². The van der Waals surface area contributed by atoms with Crippen molar-refractivity contribution in [2.45, 2.75) is 64.6 Å². The van der Waals surface area contributed by atoms with E-state index in [9.17, 15) is 4.79 Å². The van der Waals surface area contributed by atoms with E-state index in [2.05, 4.69) is 0 Å². The molecule has 1 N–H and O–H groups in total. The van der Waals surface area contributed by atoms with E-state index in [0.29, 0.717) is 24.3 Å². The van der Waals surface area contributed by atoms with Crippen LogP contribution in [-0.4, -0.2) is 30.3 Å². The molecule has 162 valence electrons. The maximum atomic E-state index is 10.6. The number of benzene rings is 2. The Kier molecular flexibility index (Phi) is 7.14. The van der Waals surface area contributed by atoms with Gasteiger partial charge in [0.05, 0.1) is 22.1 Å². The number of anilines is 1. The summed E-state index contributed by atoms with van der Waals surface area (Å²) in [6.07, 6.45) is 3.44. The standard InChI is InChI=1S/C25H33NO4/c1-19(2)26(22-13-11-20(12-14-22)24-15-17-30-24)18-21-8-5-6-9-23(21)29-16-7-3-4-10-25(27)28/h5-6,8-9,11-14,19,24H,3-4,7,10,15-18H2,1-2H3,(H,27,28)/i18D2. The fourth-order valence-electron chi connectivity index (χ4n) is 3.39. The molecule has 0 radical (unpaired) electrons. The highest BCUT2D eigenvalue weighted by atomic mass is 16.5. The van der Waals surface area contributed by atoms with Crippen LogP contribution in [0.15, 0.2) is 48.5 Å². The first kappa shape index (κ1) is 19.4. The lowest BCUT2D eigenvalue weighted by molar-refractivity contribution is -0.137. The van der Waals surface area contributed by atoms with E-state index < -0.39 is 12.5 Å². The van der Waals surface area contributed by atoms with Crippen LogP contribution in [0.5, 0.6) is 5.75 Å². The minimum Gasteiger partial charge on any atom is -0.493 e. The molecule has 0 spiro atoms. The van der Waals surface area contributed by atoms with E-state index in [1.54, 1.807) is 17.0 Å². The molecule has 1 heterocycles. The molecule has 0 saturated carbocycles. The number of unbranched alkanes of at least 4 members (excludes halogenated alkanes) is 2. The molecule has 1 saturated heterocycles. The van der Waals surface area contributed by atoms with E-state index in [0.717, 1.165) is 37.1 Å². The van der Waals surface area contributed by atoms with Crippen LogP contribution in [0.3, 0.4) is 0 Å². The van der Waals surface area contributed by atoms with Crippen molar-refractivity contribution in [3.8, 4) is 5.75 Å². The second kappa shape index (κ2) is 11.0. The highest BCUT2D eigenvalue weighted by molar-refractivity contribution is 5.66. The third-order valence-electron chi connectivity index (χ3n) is 5.18. The van der Waals surface area contributed by atoms with Crippen LogP contribution >= 0.6 is 0 Å². The van der Waals surface area contributed by atoms with Gasteiger partial charge in [0.25, 0.3) is 0 Å². The molecule has 0 aliphatic carbocycles. The van der Waals surface area contributed by atoms with Crippen LogP contribution in [0, 0.1) is 0 Å². The number of carbonyl (C=O) groups is 1. The summed E-state index contributed by atoms with van der Waals surface area (Å²) in [7, 11) is 0. The molecular formula is C25H33NO4. The summed E-state index contributed by atoms with van der Waals surface area (Å²) >= 11 is 0. The lowest BCUT2D eigenvalue weighted by atomic mass is 10.0. The molecule has 5 heteroatoms. The topological polar surface area (TPSA) is 59.0 Å². The Bertz CT molecular complexity index is 882. The molecule has 0 bridgehead atoms. The molecule has 0 aromatic heterocycles. The Hall–Kier alpha value is -2.53. The lowest BCUT2D eigenvalue weighted by Crippen LogP contribution is -2.30. The summed E-state index contributed by atoms with van der Waals surface area (Å²) in [4.78, 5) is 12.4. The van der Waals surface area contributed by atoms with E-state index in [1.165, 1.54) is 0 Å². The third-order valence-corrected chi connectivity index (χ3v) is 5.18. The summed E-state index contributed by atoms with van der Waals surface area (Å²) in [6, 6.07) is 15.1. The number of para-hydroxylation sites is 1. The van der Waals surface area contributed by atoms with Gasteiger partial charge in [-0.1, -0.05) is 30.3 Å². The molecule has 1 atom stereocenters. The van der Waals surface area contributed by atoms with E-state index in [4.69, 9.17) is 17.3 Å². The summed E-state index contributed by atoms with van der Waals surface area (Å²) < 4.78 is 29.6. The van der Waals surface area contributed by atoms with Crippen LogP contribution in [0.2, 0.25) is 0 Å². The van der Waals surface area contributed by atoms with E-state index >= 15 is 0 Å². The van der Waals surface area contributed by atoms with E-state index in [1.807, 2.05) is 50.2 Å². The molecule has 1 aliphatic heterocycles. The largest absolute Gasteiger partial charge is 0.493 e. The van der Waals surface area contributed by atoms with Gasteiger partial charge in [0.2, 0.25) is 0 Å². The van der Waals surface area contributed by atoms with Crippen LogP contribution in [0.25, 0.3) is 0 Å². The van der Waals surface area contributed by atoms with Crippen molar-refractivity contribution in [3.63, 3.8) is 0 Å². The second-order valence-electron chi connectivity index (χ2n) is 7.86. The first-order chi connectivity index (χ1) is 15.3. The quantitative estimate of drug-likeness (QED) is 0.460. The van der Waals surface area contributed by atoms with Gasteiger partial charge < -0.3 is 19.5 Å². The number of rotatable bonds is 12. The van der Waals surface area contributed by atoms with Crippen LogP contribution < -0.4 is 9.64 Å². The fourth-order valence-corrected chi connectivity index (χ4v) is 3.39. The van der Waals surface area contributed by atoms with Gasteiger partial charge in [-0.2, -0.15) is 0 Å². The SMILES string of the molecule is [2H]C([2H])(c1ccccc1OCCCCCC(=O)O)N(c1ccc(C2CCO2)cc1)C(C)C. The maximum absolute atomic E-state index is 10.6. The zero-order valence-corrected chi connectivity index (χ0v) is 17.8. The predicted molar refractivity (Wildman–Crippen MR) is 119 cm³/mol. The van der Waals surface area contributed by atoms with Crippen molar-refractivity contribution >= 4 is 11.7 Å². The number of carboxylic acid groups (broad SMARTS) is 1. The van der Waals surface area contributed by atoms with Gasteiger partial charge in [0, 0.05) is 36.6 Å². The van der Waals surface area contributed by atoms with Gasteiger partial charge in [-0.3, -0.25) is 4.79 Å². The Balaban J connectivity index is 1.74. The fraction of sp³-hybridized carbons (Fsp3) is 0.480. The normalized spacial score (nSPS) is 17.1. The van der Waals surface area contributed by atoms with Crippen LogP contribution in [0.4, 0.5) is 5.69 Å². The minimum absolute atomic E-state index is 0.0834. The summed E-state index contributed by atoms with van der Waals surface area (Å²) in [5.41, 5.74) is 2.40. The maximum Gasteiger partial charge on any atom is 0.303 e. The number of aliphatic carboxylic acids is 1. The molecule has 2 aromatic rings. The lowest BCUT2D eigenvalue weighted by Gasteiger charge is -2.31.